The molecule has 1 heterocycles. The van der Waals surface area contributed by atoms with Crippen molar-refractivity contribution >= 4 is 11.6 Å². The molecule has 110 valence electrons. The van der Waals surface area contributed by atoms with Crippen molar-refractivity contribution in [1.82, 2.24) is 10.2 Å². The maximum absolute atomic E-state index is 13.3. The van der Waals surface area contributed by atoms with E-state index in [1.54, 1.807) is 6.07 Å². The Bertz CT molecular complexity index is 470. The molecule has 1 N–H and O–H groups in total. The van der Waals surface area contributed by atoms with E-state index in [9.17, 15) is 4.39 Å². The molecule has 1 saturated carbocycles. The lowest BCUT2D eigenvalue weighted by atomic mass is 10.1. The molecule has 1 aromatic carbocycles. The monoisotopic (exact) mass is 296 g/mol. The fraction of sp³-hybridized carbons (Fsp3) is 0.625. The lowest BCUT2D eigenvalue weighted by Gasteiger charge is -2.32. The highest BCUT2D eigenvalue weighted by atomic mass is 35.5. The molecule has 3 rings (SSSR count). The largest absolute Gasteiger partial charge is 0.313 e. The molecule has 1 aliphatic carbocycles. The smallest absolute Gasteiger partial charge is 0.141 e. The van der Waals surface area contributed by atoms with Gasteiger partial charge in [0.25, 0.3) is 0 Å². The van der Waals surface area contributed by atoms with Crippen molar-refractivity contribution in [1.29, 1.82) is 0 Å². The second kappa shape index (κ2) is 6.00. The minimum atomic E-state index is -0.335. The average Bonchev–Trinajstić information content (AvgIpc) is 3.15. The van der Waals surface area contributed by atoms with E-state index in [4.69, 9.17) is 11.6 Å². The van der Waals surface area contributed by atoms with Gasteiger partial charge in [0.1, 0.15) is 5.82 Å². The molecule has 4 heteroatoms. The van der Waals surface area contributed by atoms with Crippen molar-refractivity contribution in [3.8, 4) is 0 Å². The highest BCUT2D eigenvalue weighted by Gasteiger charge is 2.34. The summed E-state index contributed by atoms with van der Waals surface area (Å²) in [5.74, 6) is -0.335. The summed E-state index contributed by atoms with van der Waals surface area (Å²) in [4.78, 5) is 2.56. The second-order valence-corrected chi connectivity index (χ2v) is 6.48. The lowest BCUT2D eigenvalue weighted by molar-refractivity contribution is 0.182. The molecule has 0 amide bonds. The third-order valence-corrected chi connectivity index (χ3v) is 4.82. The van der Waals surface area contributed by atoms with E-state index >= 15 is 0 Å². The predicted molar refractivity (Wildman–Crippen MR) is 80.6 cm³/mol. The lowest BCUT2D eigenvalue weighted by Crippen LogP contribution is -2.40. The van der Waals surface area contributed by atoms with Gasteiger partial charge in [0.2, 0.25) is 0 Å². The molecule has 0 spiro atoms. The van der Waals surface area contributed by atoms with Crippen molar-refractivity contribution in [2.75, 3.05) is 13.1 Å². The minimum absolute atomic E-state index is 0.226. The van der Waals surface area contributed by atoms with Crippen LogP contribution >= 0.6 is 11.6 Å². The molecule has 0 bridgehead atoms. The maximum Gasteiger partial charge on any atom is 0.141 e. The van der Waals surface area contributed by atoms with E-state index in [1.165, 1.54) is 31.7 Å². The Balaban J connectivity index is 1.73. The first-order valence-electron chi connectivity index (χ1n) is 7.59. The summed E-state index contributed by atoms with van der Waals surface area (Å²) in [5.41, 5.74) is 1.11. The van der Waals surface area contributed by atoms with Crippen molar-refractivity contribution < 1.29 is 4.39 Å². The number of hydrogen-bond acceptors (Lipinski definition) is 2. The summed E-state index contributed by atoms with van der Waals surface area (Å²) in [6.07, 6.45) is 5.11. The van der Waals surface area contributed by atoms with Crippen LogP contribution < -0.4 is 5.32 Å². The highest BCUT2D eigenvalue weighted by Crippen LogP contribution is 2.35. The molecule has 2 fully saturated rings. The Labute approximate surface area is 125 Å². The molecule has 2 aliphatic rings. The zero-order valence-corrected chi connectivity index (χ0v) is 12.7. The Morgan fingerprint density at radius 2 is 2.20 bits per heavy atom. The highest BCUT2D eigenvalue weighted by molar-refractivity contribution is 6.30. The van der Waals surface area contributed by atoms with Crippen LogP contribution in [-0.4, -0.2) is 30.1 Å². The number of benzene rings is 1. The SMILES string of the molecule is CC(c1ccc(F)c(Cl)c1)N(CC1CCCN1)C1CC1. The Morgan fingerprint density at radius 1 is 1.40 bits per heavy atom. The fourth-order valence-corrected chi connectivity index (χ4v) is 3.35. The number of halogens is 2. The van der Waals surface area contributed by atoms with Crippen LogP contribution in [0.15, 0.2) is 18.2 Å². The topological polar surface area (TPSA) is 15.3 Å². The van der Waals surface area contributed by atoms with Gasteiger partial charge in [-0.05, 0) is 56.8 Å². The minimum Gasteiger partial charge on any atom is -0.313 e. The van der Waals surface area contributed by atoms with E-state index in [-0.39, 0.29) is 10.8 Å². The molecular weight excluding hydrogens is 275 g/mol. The summed E-state index contributed by atoms with van der Waals surface area (Å²) in [6.45, 7) is 4.43. The van der Waals surface area contributed by atoms with Crippen molar-refractivity contribution in [3.05, 3.63) is 34.6 Å². The van der Waals surface area contributed by atoms with Crippen LogP contribution in [0.1, 0.15) is 44.2 Å². The second-order valence-electron chi connectivity index (χ2n) is 6.07. The Morgan fingerprint density at radius 3 is 2.80 bits per heavy atom. The third kappa shape index (κ3) is 3.16. The van der Waals surface area contributed by atoms with Crippen LogP contribution in [0, 0.1) is 5.82 Å². The summed E-state index contributed by atoms with van der Waals surface area (Å²) in [5, 5.41) is 3.79. The summed E-state index contributed by atoms with van der Waals surface area (Å²) >= 11 is 5.92. The van der Waals surface area contributed by atoms with E-state index in [1.807, 2.05) is 6.07 Å². The Kier molecular flexibility index (Phi) is 4.29. The van der Waals surface area contributed by atoms with E-state index in [2.05, 4.69) is 17.1 Å². The first-order chi connectivity index (χ1) is 9.65. The van der Waals surface area contributed by atoms with E-state index in [0.717, 1.165) is 18.7 Å². The van der Waals surface area contributed by atoms with Gasteiger partial charge >= 0.3 is 0 Å². The molecule has 1 aromatic rings. The van der Waals surface area contributed by atoms with Crippen molar-refractivity contribution in [2.24, 2.45) is 0 Å². The Hall–Kier alpha value is -0.640. The first-order valence-corrected chi connectivity index (χ1v) is 7.97. The van der Waals surface area contributed by atoms with Gasteiger partial charge in [0.05, 0.1) is 5.02 Å². The zero-order valence-electron chi connectivity index (χ0n) is 11.9. The molecule has 2 atom stereocenters. The molecule has 1 aliphatic heterocycles. The number of rotatable bonds is 5. The van der Waals surface area contributed by atoms with Gasteiger partial charge in [-0.1, -0.05) is 17.7 Å². The predicted octanol–water partition coefficient (Wildman–Crippen LogP) is 3.76. The van der Waals surface area contributed by atoms with Crippen LogP contribution in [-0.2, 0) is 0 Å². The number of hydrogen-bond donors (Lipinski definition) is 1. The van der Waals surface area contributed by atoms with Crippen LogP contribution in [0.2, 0.25) is 5.02 Å². The van der Waals surface area contributed by atoms with Crippen LogP contribution in [0.5, 0.6) is 0 Å². The summed E-state index contributed by atoms with van der Waals surface area (Å²) < 4.78 is 13.3. The van der Waals surface area contributed by atoms with Gasteiger partial charge in [0.15, 0.2) is 0 Å². The van der Waals surface area contributed by atoms with E-state index in [0.29, 0.717) is 18.1 Å². The quantitative estimate of drug-likeness (QED) is 0.890. The van der Waals surface area contributed by atoms with Crippen LogP contribution in [0.4, 0.5) is 4.39 Å². The van der Waals surface area contributed by atoms with Gasteiger partial charge in [0, 0.05) is 24.7 Å². The van der Waals surface area contributed by atoms with Gasteiger partial charge in [-0.15, -0.1) is 0 Å². The average molecular weight is 297 g/mol. The third-order valence-electron chi connectivity index (χ3n) is 4.53. The van der Waals surface area contributed by atoms with Gasteiger partial charge in [-0.2, -0.15) is 0 Å². The molecule has 2 nitrogen and oxygen atoms in total. The summed E-state index contributed by atoms with van der Waals surface area (Å²) in [6, 6.07) is 6.71. The fourth-order valence-electron chi connectivity index (χ4n) is 3.16. The van der Waals surface area contributed by atoms with E-state index < -0.39 is 0 Å². The zero-order chi connectivity index (χ0) is 14.1. The van der Waals surface area contributed by atoms with Crippen LogP contribution in [0.25, 0.3) is 0 Å². The molecular formula is C16H22ClFN2. The van der Waals surface area contributed by atoms with Gasteiger partial charge in [-0.3, -0.25) is 4.90 Å². The normalized spacial score (nSPS) is 24.3. The molecule has 0 radical (unpaired) electrons. The summed E-state index contributed by atoms with van der Waals surface area (Å²) in [7, 11) is 0. The maximum atomic E-state index is 13.3. The first kappa shape index (κ1) is 14.3. The molecule has 2 unspecified atom stereocenters. The van der Waals surface area contributed by atoms with Crippen molar-refractivity contribution in [2.45, 2.75) is 50.7 Å². The number of nitrogens with zero attached hydrogens (tertiary/aromatic N) is 1. The van der Waals surface area contributed by atoms with Gasteiger partial charge < -0.3 is 5.32 Å². The van der Waals surface area contributed by atoms with Crippen LogP contribution in [0.3, 0.4) is 0 Å². The van der Waals surface area contributed by atoms with Crippen molar-refractivity contribution in [3.63, 3.8) is 0 Å². The number of nitrogens with one attached hydrogen (secondary N) is 1. The molecule has 0 aromatic heterocycles. The standard InChI is InChI=1S/C16H22ClFN2/c1-11(12-4-7-16(18)15(17)9-12)20(14-5-6-14)10-13-3-2-8-19-13/h4,7,9,11,13-14,19H,2-3,5-6,8,10H2,1H3. The molecule has 20 heavy (non-hydrogen) atoms. The van der Waals surface area contributed by atoms with Gasteiger partial charge in [-0.25, -0.2) is 4.39 Å². The molecule has 1 saturated heterocycles.